The molecule has 0 bridgehead atoms. The van der Waals surface area contributed by atoms with E-state index in [1.54, 1.807) is 22.3 Å². The molecule has 1 atom stereocenters. The molecule has 1 aromatic carbocycles. The van der Waals surface area contributed by atoms with Gasteiger partial charge in [0.1, 0.15) is 12.7 Å². The van der Waals surface area contributed by atoms with Gasteiger partial charge < -0.3 is 4.90 Å². The minimum absolute atomic E-state index is 0.191. The van der Waals surface area contributed by atoms with Gasteiger partial charge in [-0.1, -0.05) is 12.1 Å². The zero-order chi connectivity index (χ0) is 16.4. The van der Waals surface area contributed by atoms with Gasteiger partial charge in [-0.05, 0) is 25.0 Å². The predicted molar refractivity (Wildman–Crippen MR) is 92.8 cm³/mol. The Morgan fingerprint density at radius 3 is 3.08 bits per heavy atom. The molecule has 0 saturated carbocycles. The lowest BCUT2D eigenvalue weighted by Crippen LogP contribution is -2.39. The lowest BCUT2D eigenvalue weighted by molar-refractivity contribution is -0.132. The first-order chi connectivity index (χ1) is 11.8. The lowest BCUT2D eigenvalue weighted by atomic mass is 9.98. The van der Waals surface area contributed by atoms with Crippen LogP contribution in [0.5, 0.6) is 0 Å². The van der Waals surface area contributed by atoms with Crippen LogP contribution >= 0.6 is 11.3 Å². The van der Waals surface area contributed by atoms with E-state index in [1.807, 2.05) is 17.0 Å². The van der Waals surface area contributed by atoms with Gasteiger partial charge in [0.25, 0.3) is 0 Å². The van der Waals surface area contributed by atoms with E-state index in [9.17, 15) is 4.79 Å². The second-order valence-corrected chi connectivity index (χ2v) is 7.17. The van der Waals surface area contributed by atoms with Gasteiger partial charge in [-0.25, -0.2) is 9.97 Å². The van der Waals surface area contributed by atoms with Crippen LogP contribution in [-0.4, -0.2) is 43.6 Å². The fraction of sp³-hybridized carbons (Fsp3) is 0.412. The smallest absolute Gasteiger partial charge is 0.224 e. The Morgan fingerprint density at radius 1 is 1.33 bits per heavy atom. The van der Waals surface area contributed by atoms with E-state index in [1.165, 1.54) is 11.0 Å². The summed E-state index contributed by atoms with van der Waals surface area (Å²) in [7, 11) is 0. The molecule has 1 aliphatic heterocycles. The Kier molecular flexibility index (Phi) is 4.25. The summed E-state index contributed by atoms with van der Waals surface area (Å²) in [6, 6.07) is 8.23. The van der Waals surface area contributed by atoms with Crippen molar-refractivity contribution in [2.45, 2.75) is 31.7 Å². The molecule has 7 heteroatoms. The van der Waals surface area contributed by atoms with E-state index in [4.69, 9.17) is 4.98 Å². The van der Waals surface area contributed by atoms with Crippen LogP contribution < -0.4 is 0 Å². The van der Waals surface area contributed by atoms with Crippen molar-refractivity contribution in [3.63, 3.8) is 0 Å². The topological polar surface area (TPSA) is 63.9 Å². The maximum absolute atomic E-state index is 12.5. The Bertz CT molecular complexity index is 796. The summed E-state index contributed by atoms with van der Waals surface area (Å²) in [5, 5.41) is 5.20. The number of carbonyl (C=O) groups is 1. The van der Waals surface area contributed by atoms with Gasteiger partial charge in [0.05, 0.1) is 21.8 Å². The van der Waals surface area contributed by atoms with Crippen molar-refractivity contribution in [2.24, 2.45) is 0 Å². The average molecular weight is 341 g/mol. The van der Waals surface area contributed by atoms with E-state index in [0.717, 1.165) is 36.5 Å². The van der Waals surface area contributed by atoms with Crippen molar-refractivity contribution in [2.75, 3.05) is 13.1 Å². The number of likely N-dealkylation sites (tertiary alicyclic amines) is 1. The zero-order valence-corrected chi connectivity index (χ0v) is 14.2. The molecule has 124 valence electrons. The number of hydrogen-bond acceptors (Lipinski definition) is 5. The van der Waals surface area contributed by atoms with Crippen LogP contribution in [0.25, 0.3) is 10.2 Å². The van der Waals surface area contributed by atoms with E-state index in [2.05, 4.69) is 22.2 Å². The highest BCUT2D eigenvalue weighted by molar-refractivity contribution is 7.18. The van der Waals surface area contributed by atoms with Crippen molar-refractivity contribution in [3.05, 3.63) is 41.9 Å². The van der Waals surface area contributed by atoms with Gasteiger partial charge in [0.15, 0.2) is 0 Å². The number of hydrogen-bond donors (Lipinski definition) is 0. The SMILES string of the molecule is O=C(CCn1cncn1)N1CCC[C@H](c2nc3ccccc3s2)C1. The number of amides is 1. The number of fused-ring (bicyclic) bond motifs is 1. The zero-order valence-electron chi connectivity index (χ0n) is 13.3. The van der Waals surface area contributed by atoms with Crippen molar-refractivity contribution in [3.8, 4) is 0 Å². The first kappa shape index (κ1) is 15.3. The van der Waals surface area contributed by atoms with E-state index in [-0.39, 0.29) is 5.91 Å². The largest absolute Gasteiger partial charge is 0.342 e. The molecule has 0 spiro atoms. The van der Waals surface area contributed by atoms with Crippen molar-refractivity contribution >= 4 is 27.5 Å². The van der Waals surface area contributed by atoms with Crippen LogP contribution in [0, 0.1) is 0 Å². The average Bonchev–Trinajstić information content (AvgIpc) is 3.29. The minimum Gasteiger partial charge on any atom is -0.342 e. The molecule has 0 aliphatic carbocycles. The number of thiazole rings is 1. The monoisotopic (exact) mass is 341 g/mol. The first-order valence-electron chi connectivity index (χ1n) is 8.25. The fourth-order valence-electron chi connectivity index (χ4n) is 3.19. The quantitative estimate of drug-likeness (QED) is 0.732. The van der Waals surface area contributed by atoms with Crippen LogP contribution in [0.1, 0.15) is 30.2 Å². The van der Waals surface area contributed by atoms with Gasteiger partial charge in [0.2, 0.25) is 5.91 Å². The lowest BCUT2D eigenvalue weighted by Gasteiger charge is -2.32. The third-order valence-corrected chi connectivity index (χ3v) is 5.65. The Morgan fingerprint density at radius 2 is 2.25 bits per heavy atom. The van der Waals surface area contributed by atoms with Crippen molar-refractivity contribution in [1.29, 1.82) is 0 Å². The van der Waals surface area contributed by atoms with Crippen LogP contribution in [0.4, 0.5) is 0 Å². The molecule has 1 fully saturated rings. The molecule has 6 nitrogen and oxygen atoms in total. The normalized spacial score (nSPS) is 18.2. The number of piperidine rings is 1. The third-order valence-electron chi connectivity index (χ3n) is 4.46. The molecule has 0 unspecified atom stereocenters. The molecule has 24 heavy (non-hydrogen) atoms. The summed E-state index contributed by atoms with van der Waals surface area (Å²) in [5.41, 5.74) is 1.06. The highest BCUT2D eigenvalue weighted by atomic mass is 32.1. The minimum atomic E-state index is 0.191. The number of aryl methyl sites for hydroxylation is 1. The molecule has 2 aromatic heterocycles. The van der Waals surface area contributed by atoms with Crippen LogP contribution in [0.2, 0.25) is 0 Å². The number of rotatable bonds is 4. The van der Waals surface area contributed by atoms with Gasteiger partial charge in [0, 0.05) is 25.4 Å². The Balaban J connectivity index is 1.42. The standard InChI is InChI=1S/C17H19N5OS/c23-16(7-9-22-12-18-11-19-22)21-8-3-4-13(10-21)17-20-14-5-1-2-6-15(14)24-17/h1-2,5-6,11-13H,3-4,7-10H2/t13-/m0/s1. The summed E-state index contributed by atoms with van der Waals surface area (Å²) in [5.74, 6) is 0.544. The molecule has 1 amide bonds. The summed E-state index contributed by atoms with van der Waals surface area (Å²) in [6.07, 6.45) is 5.75. The predicted octanol–water partition coefficient (Wildman–Crippen LogP) is 2.68. The van der Waals surface area contributed by atoms with E-state index >= 15 is 0 Å². The van der Waals surface area contributed by atoms with Gasteiger partial charge in [-0.3, -0.25) is 9.48 Å². The van der Waals surface area contributed by atoms with Crippen molar-refractivity contribution in [1.82, 2.24) is 24.6 Å². The highest BCUT2D eigenvalue weighted by Crippen LogP contribution is 2.33. The van der Waals surface area contributed by atoms with Gasteiger partial charge in [-0.15, -0.1) is 11.3 Å². The number of nitrogens with zero attached hydrogens (tertiary/aromatic N) is 5. The molecular weight excluding hydrogens is 322 g/mol. The summed E-state index contributed by atoms with van der Waals surface area (Å²) in [6.45, 7) is 2.20. The van der Waals surface area contributed by atoms with Crippen LogP contribution in [-0.2, 0) is 11.3 Å². The first-order valence-corrected chi connectivity index (χ1v) is 9.07. The Labute approximate surface area is 144 Å². The van der Waals surface area contributed by atoms with Crippen molar-refractivity contribution < 1.29 is 4.79 Å². The molecule has 0 N–H and O–H groups in total. The molecular formula is C17H19N5OS. The van der Waals surface area contributed by atoms with Crippen LogP contribution in [0.3, 0.4) is 0 Å². The molecule has 1 aliphatic rings. The fourth-order valence-corrected chi connectivity index (χ4v) is 4.28. The summed E-state index contributed by atoms with van der Waals surface area (Å²) >= 11 is 1.76. The molecule has 3 heterocycles. The molecule has 0 radical (unpaired) electrons. The maximum atomic E-state index is 12.5. The van der Waals surface area contributed by atoms with E-state index in [0.29, 0.717) is 18.9 Å². The second kappa shape index (κ2) is 6.68. The molecule has 1 saturated heterocycles. The number of carbonyl (C=O) groups excluding carboxylic acids is 1. The number of para-hydroxylation sites is 1. The summed E-state index contributed by atoms with van der Waals surface area (Å²) in [4.78, 5) is 23.2. The number of aromatic nitrogens is 4. The van der Waals surface area contributed by atoms with E-state index < -0.39 is 0 Å². The highest BCUT2D eigenvalue weighted by Gasteiger charge is 2.26. The Hall–Kier alpha value is -2.28. The maximum Gasteiger partial charge on any atom is 0.224 e. The van der Waals surface area contributed by atoms with Crippen LogP contribution in [0.15, 0.2) is 36.9 Å². The van der Waals surface area contributed by atoms with Gasteiger partial charge >= 0.3 is 0 Å². The molecule has 4 rings (SSSR count). The molecule has 3 aromatic rings. The summed E-state index contributed by atoms with van der Waals surface area (Å²) < 4.78 is 2.93. The third kappa shape index (κ3) is 3.17. The van der Waals surface area contributed by atoms with Gasteiger partial charge in [-0.2, -0.15) is 5.10 Å². The second-order valence-electron chi connectivity index (χ2n) is 6.11. The number of benzene rings is 1.